The van der Waals surface area contributed by atoms with Gasteiger partial charge in [0.05, 0.1) is 5.69 Å². The highest BCUT2D eigenvalue weighted by molar-refractivity contribution is 5.33. The van der Waals surface area contributed by atoms with Gasteiger partial charge in [-0.15, -0.1) is 0 Å². The molecule has 0 fully saturated rings. The third-order valence-electron chi connectivity index (χ3n) is 2.87. The van der Waals surface area contributed by atoms with Crippen LogP contribution in [0, 0.1) is 19.7 Å². The van der Waals surface area contributed by atoms with Crippen LogP contribution in [0.15, 0.2) is 22.7 Å². The average Bonchev–Trinajstić information content (AvgIpc) is 2.66. The first-order valence-electron chi connectivity index (χ1n) is 5.68. The SMILES string of the molecule is Cc1noc(C)c1CNCc1cccc(F)c1O. The highest BCUT2D eigenvalue weighted by Crippen LogP contribution is 2.20. The van der Waals surface area contributed by atoms with Gasteiger partial charge in [0.15, 0.2) is 11.6 Å². The Labute approximate surface area is 104 Å². The number of hydrogen-bond acceptors (Lipinski definition) is 4. The second-order valence-electron chi connectivity index (χ2n) is 4.15. The number of hydrogen-bond donors (Lipinski definition) is 2. The van der Waals surface area contributed by atoms with Crippen LogP contribution in [0.4, 0.5) is 4.39 Å². The number of para-hydroxylation sites is 1. The monoisotopic (exact) mass is 250 g/mol. The first kappa shape index (κ1) is 12.6. The molecular weight excluding hydrogens is 235 g/mol. The molecule has 0 bridgehead atoms. The van der Waals surface area contributed by atoms with Gasteiger partial charge in [-0.2, -0.15) is 0 Å². The van der Waals surface area contributed by atoms with Gasteiger partial charge >= 0.3 is 0 Å². The number of nitrogens with one attached hydrogen (secondary N) is 1. The molecule has 1 heterocycles. The average molecular weight is 250 g/mol. The summed E-state index contributed by atoms with van der Waals surface area (Å²) in [6.07, 6.45) is 0. The predicted octanol–water partition coefficient (Wildman–Crippen LogP) is 2.43. The summed E-state index contributed by atoms with van der Waals surface area (Å²) in [5, 5.41) is 16.5. The van der Waals surface area contributed by atoms with E-state index in [2.05, 4.69) is 10.5 Å². The fourth-order valence-corrected chi connectivity index (χ4v) is 1.78. The fraction of sp³-hybridized carbons (Fsp3) is 0.308. The number of halogens is 1. The van der Waals surface area contributed by atoms with Crippen molar-refractivity contribution in [3.8, 4) is 5.75 Å². The molecule has 0 spiro atoms. The molecule has 5 heteroatoms. The van der Waals surface area contributed by atoms with Crippen LogP contribution in [-0.2, 0) is 13.1 Å². The molecule has 1 aromatic carbocycles. The van der Waals surface area contributed by atoms with E-state index >= 15 is 0 Å². The van der Waals surface area contributed by atoms with E-state index in [4.69, 9.17) is 4.52 Å². The Morgan fingerprint density at radius 2 is 2.11 bits per heavy atom. The lowest BCUT2D eigenvalue weighted by Gasteiger charge is -2.07. The Bertz CT molecular complexity index is 532. The third kappa shape index (κ3) is 2.51. The van der Waals surface area contributed by atoms with Crippen LogP contribution < -0.4 is 5.32 Å². The van der Waals surface area contributed by atoms with Gasteiger partial charge in [0.1, 0.15) is 5.76 Å². The molecule has 0 saturated heterocycles. The molecule has 0 radical (unpaired) electrons. The largest absolute Gasteiger partial charge is 0.505 e. The molecule has 4 nitrogen and oxygen atoms in total. The van der Waals surface area contributed by atoms with Crippen LogP contribution in [0.5, 0.6) is 5.75 Å². The molecule has 0 unspecified atom stereocenters. The minimum absolute atomic E-state index is 0.302. The van der Waals surface area contributed by atoms with Crippen LogP contribution in [0.2, 0.25) is 0 Å². The van der Waals surface area contributed by atoms with Crippen molar-refractivity contribution in [2.45, 2.75) is 26.9 Å². The lowest BCUT2D eigenvalue weighted by Crippen LogP contribution is -2.14. The van der Waals surface area contributed by atoms with E-state index in [0.717, 1.165) is 17.0 Å². The Kier molecular flexibility index (Phi) is 3.62. The fourth-order valence-electron chi connectivity index (χ4n) is 1.78. The van der Waals surface area contributed by atoms with E-state index in [1.165, 1.54) is 6.07 Å². The van der Waals surface area contributed by atoms with E-state index in [1.807, 2.05) is 13.8 Å². The minimum Gasteiger partial charge on any atom is -0.505 e. The number of aryl methyl sites for hydroxylation is 2. The normalized spacial score (nSPS) is 10.8. The summed E-state index contributed by atoms with van der Waals surface area (Å²) in [4.78, 5) is 0. The van der Waals surface area contributed by atoms with Crippen LogP contribution in [0.1, 0.15) is 22.6 Å². The Balaban J connectivity index is 1.99. The van der Waals surface area contributed by atoms with Gasteiger partial charge in [-0.3, -0.25) is 0 Å². The second-order valence-corrected chi connectivity index (χ2v) is 4.15. The smallest absolute Gasteiger partial charge is 0.165 e. The Morgan fingerprint density at radius 1 is 1.33 bits per heavy atom. The molecule has 0 aliphatic rings. The maximum atomic E-state index is 13.1. The minimum atomic E-state index is -0.605. The molecule has 0 atom stereocenters. The highest BCUT2D eigenvalue weighted by atomic mass is 19.1. The zero-order valence-corrected chi connectivity index (χ0v) is 10.3. The van der Waals surface area contributed by atoms with Crippen molar-refractivity contribution in [2.75, 3.05) is 0 Å². The first-order valence-corrected chi connectivity index (χ1v) is 5.68. The van der Waals surface area contributed by atoms with Crippen molar-refractivity contribution in [3.05, 3.63) is 46.6 Å². The molecule has 1 aromatic heterocycles. The van der Waals surface area contributed by atoms with E-state index in [1.54, 1.807) is 12.1 Å². The van der Waals surface area contributed by atoms with E-state index < -0.39 is 5.82 Å². The van der Waals surface area contributed by atoms with Gasteiger partial charge < -0.3 is 14.9 Å². The van der Waals surface area contributed by atoms with Gasteiger partial charge in [-0.05, 0) is 19.9 Å². The number of aromatic hydroxyl groups is 1. The maximum Gasteiger partial charge on any atom is 0.165 e. The van der Waals surface area contributed by atoms with Crippen molar-refractivity contribution in [2.24, 2.45) is 0 Å². The van der Waals surface area contributed by atoms with Crippen molar-refractivity contribution >= 4 is 0 Å². The summed E-state index contributed by atoms with van der Waals surface area (Å²) in [5.41, 5.74) is 2.36. The molecule has 0 amide bonds. The molecule has 18 heavy (non-hydrogen) atoms. The van der Waals surface area contributed by atoms with Crippen molar-refractivity contribution in [1.82, 2.24) is 10.5 Å². The van der Waals surface area contributed by atoms with Crippen LogP contribution in [-0.4, -0.2) is 10.3 Å². The molecule has 96 valence electrons. The Hall–Kier alpha value is -1.88. The quantitative estimate of drug-likeness (QED) is 0.875. The predicted molar refractivity (Wildman–Crippen MR) is 64.6 cm³/mol. The summed E-state index contributed by atoms with van der Waals surface area (Å²) in [7, 11) is 0. The molecule has 2 rings (SSSR count). The van der Waals surface area contributed by atoms with Crippen LogP contribution in [0.3, 0.4) is 0 Å². The van der Waals surface area contributed by atoms with Crippen LogP contribution >= 0.6 is 0 Å². The van der Waals surface area contributed by atoms with Gasteiger partial charge in [-0.1, -0.05) is 17.3 Å². The third-order valence-corrected chi connectivity index (χ3v) is 2.87. The van der Waals surface area contributed by atoms with Crippen molar-refractivity contribution in [1.29, 1.82) is 0 Å². The van der Waals surface area contributed by atoms with Gasteiger partial charge in [0, 0.05) is 24.2 Å². The summed E-state index contributed by atoms with van der Waals surface area (Å²) < 4.78 is 18.1. The van der Waals surface area contributed by atoms with E-state index in [9.17, 15) is 9.50 Å². The van der Waals surface area contributed by atoms with Gasteiger partial charge in [0.25, 0.3) is 0 Å². The lowest BCUT2D eigenvalue weighted by molar-refractivity contribution is 0.391. The second kappa shape index (κ2) is 5.18. The highest BCUT2D eigenvalue weighted by Gasteiger charge is 2.09. The number of nitrogens with zero attached hydrogens (tertiary/aromatic N) is 1. The summed E-state index contributed by atoms with van der Waals surface area (Å²) in [5.74, 6) is -0.140. The van der Waals surface area contributed by atoms with Crippen LogP contribution in [0.25, 0.3) is 0 Å². The van der Waals surface area contributed by atoms with Crippen molar-refractivity contribution < 1.29 is 14.0 Å². The molecule has 2 N–H and O–H groups in total. The molecule has 0 aliphatic heterocycles. The van der Waals surface area contributed by atoms with Gasteiger partial charge in [0.2, 0.25) is 0 Å². The maximum absolute atomic E-state index is 13.1. The molecule has 0 saturated carbocycles. The number of rotatable bonds is 4. The first-order chi connectivity index (χ1) is 8.59. The molecule has 0 aliphatic carbocycles. The molecular formula is C13H15FN2O2. The Morgan fingerprint density at radius 3 is 2.78 bits per heavy atom. The topological polar surface area (TPSA) is 58.3 Å². The standard InChI is InChI=1S/C13H15FN2O2/c1-8-11(9(2)18-16-8)7-15-6-10-4-3-5-12(14)13(10)17/h3-5,15,17H,6-7H2,1-2H3. The summed E-state index contributed by atoms with van der Waals surface area (Å²) in [6.45, 7) is 4.66. The lowest BCUT2D eigenvalue weighted by atomic mass is 10.1. The zero-order valence-electron chi connectivity index (χ0n) is 10.3. The van der Waals surface area contributed by atoms with Gasteiger partial charge in [-0.25, -0.2) is 4.39 Å². The number of phenolic OH excluding ortho intramolecular Hbond substituents is 1. The number of phenols is 1. The van der Waals surface area contributed by atoms with Crippen molar-refractivity contribution in [3.63, 3.8) is 0 Å². The van der Waals surface area contributed by atoms with E-state index in [-0.39, 0.29) is 5.75 Å². The molecule has 2 aromatic rings. The number of benzene rings is 1. The number of aromatic nitrogens is 1. The summed E-state index contributed by atoms with van der Waals surface area (Å²) in [6, 6.07) is 4.48. The zero-order chi connectivity index (χ0) is 13.1. The summed E-state index contributed by atoms with van der Waals surface area (Å²) >= 11 is 0. The van der Waals surface area contributed by atoms with E-state index in [0.29, 0.717) is 18.7 Å².